The number of carbonyl (C=O) groups is 2. The van der Waals surface area contributed by atoms with Gasteiger partial charge in [0, 0.05) is 12.7 Å². The number of rotatable bonds is 7. The predicted octanol–water partition coefficient (Wildman–Crippen LogP) is 2.29. The lowest BCUT2D eigenvalue weighted by atomic mass is 10.2. The summed E-state index contributed by atoms with van der Waals surface area (Å²) in [4.78, 5) is 27.0. The molecule has 0 aliphatic rings. The summed E-state index contributed by atoms with van der Waals surface area (Å²) in [7, 11) is 1.93. The molecule has 0 aromatic carbocycles. The van der Waals surface area contributed by atoms with Gasteiger partial charge in [-0.15, -0.1) is 0 Å². The van der Waals surface area contributed by atoms with Gasteiger partial charge in [-0.1, -0.05) is 25.3 Å². The maximum absolute atomic E-state index is 11.5. The van der Waals surface area contributed by atoms with Crippen molar-refractivity contribution >= 4 is 23.5 Å². The maximum atomic E-state index is 11.5. The zero-order chi connectivity index (χ0) is 17.0. The molecule has 22 heavy (non-hydrogen) atoms. The first-order chi connectivity index (χ1) is 10.5. The zero-order valence-corrected chi connectivity index (χ0v) is 14.5. The van der Waals surface area contributed by atoms with Gasteiger partial charge in [0.15, 0.2) is 5.78 Å². The molecule has 0 aliphatic heterocycles. The van der Waals surface area contributed by atoms with Crippen LogP contribution in [0.5, 0.6) is 0 Å². The molecular weight excluding hydrogens is 298 g/mol. The van der Waals surface area contributed by atoms with Crippen LogP contribution in [0.15, 0.2) is 35.5 Å². The Labute approximate surface area is 137 Å². The molecule has 1 aromatic heterocycles. The largest absolute Gasteiger partial charge is 0.352 e. The summed E-state index contributed by atoms with van der Waals surface area (Å²) in [5.74, 6) is 0.192. The van der Waals surface area contributed by atoms with Crippen LogP contribution in [0.1, 0.15) is 31.1 Å². The molecule has 0 unspecified atom stereocenters. The van der Waals surface area contributed by atoms with Crippen LogP contribution in [-0.2, 0) is 4.79 Å². The molecule has 1 heterocycles. The fourth-order valence-electron chi connectivity index (χ4n) is 1.13. The van der Waals surface area contributed by atoms with Gasteiger partial charge in [0.25, 0.3) is 5.91 Å². The number of carbonyl (C=O) groups excluding carboxylic acids is 2. The van der Waals surface area contributed by atoms with Gasteiger partial charge in [0.2, 0.25) is 0 Å². The lowest BCUT2D eigenvalue weighted by molar-refractivity contribution is -0.113. The molecule has 0 aliphatic carbocycles. The number of hydrogen-bond donors (Lipinski definition) is 2. The number of pyridine rings is 1. The monoisotopic (exact) mass is 323 g/mol. The summed E-state index contributed by atoms with van der Waals surface area (Å²) in [6, 6.07) is 3.44. The summed E-state index contributed by atoms with van der Waals surface area (Å²) in [5, 5.41) is 6.35. The second-order valence-corrected chi connectivity index (χ2v) is 5.44. The average Bonchev–Trinajstić information content (AvgIpc) is 2.53. The number of nitrogens with zero attached hydrogens (tertiary/aromatic N) is 1. The van der Waals surface area contributed by atoms with Crippen LogP contribution in [0, 0.1) is 0 Å². The molecule has 0 bridgehead atoms. The van der Waals surface area contributed by atoms with Crippen molar-refractivity contribution in [3.8, 4) is 0 Å². The molecule has 1 aromatic rings. The Morgan fingerprint density at radius 2 is 1.91 bits per heavy atom. The van der Waals surface area contributed by atoms with Crippen LogP contribution in [0.4, 0.5) is 0 Å². The third kappa shape index (κ3) is 8.59. The van der Waals surface area contributed by atoms with Crippen LogP contribution >= 0.6 is 11.8 Å². The molecular formula is C16H25N3O2S. The molecule has 0 spiro atoms. The number of allylic oxidation sites excluding steroid dienone is 1. The minimum atomic E-state index is -0.139. The minimum absolute atomic E-state index is 0.00889. The highest BCUT2D eigenvalue weighted by Crippen LogP contribution is 2.16. The van der Waals surface area contributed by atoms with Crippen LogP contribution in [-0.4, -0.2) is 42.6 Å². The van der Waals surface area contributed by atoms with Crippen LogP contribution < -0.4 is 10.6 Å². The molecule has 0 saturated heterocycles. The first-order valence-electron chi connectivity index (χ1n) is 7.16. The predicted molar refractivity (Wildman–Crippen MR) is 92.4 cm³/mol. The van der Waals surface area contributed by atoms with E-state index in [-0.39, 0.29) is 11.7 Å². The summed E-state index contributed by atoms with van der Waals surface area (Å²) in [6.45, 7) is 10.9. The number of hydrogen-bond acceptors (Lipinski definition) is 5. The van der Waals surface area contributed by atoms with Gasteiger partial charge in [-0.2, -0.15) is 0 Å². The Morgan fingerprint density at radius 1 is 1.27 bits per heavy atom. The molecule has 0 fully saturated rings. The number of amides is 1. The van der Waals surface area contributed by atoms with Crippen molar-refractivity contribution in [2.45, 2.75) is 25.8 Å². The van der Waals surface area contributed by atoms with E-state index in [4.69, 9.17) is 0 Å². The average molecular weight is 323 g/mol. The Balaban J connectivity index is 0.000000980. The number of ketones is 1. The Bertz CT molecular complexity index is 485. The second kappa shape index (κ2) is 11.9. The summed E-state index contributed by atoms with van der Waals surface area (Å²) in [5.41, 5.74) is 1.06. The van der Waals surface area contributed by atoms with Gasteiger partial charge in [-0.05, 0) is 45.1 Å². The van der Waals surface area contributed by atoms with Crippen molar-refractivity contribution in [2.24, 2.45) is 0 Å². The van der Waals surface area contributed by atoms with Crippen LogP contribution in [0.2, 0.25) is 0 Å². The minimum Gasteiger partial charge on any atom is -0.352 e. The lowest BCUT2D eigenvalue weighted by Crippen LogP contribution is -2.22. The smallest absolute Gasteiger partial charge is 0.252 e. The topological polar surface area (TPSA) is 71.1 Å². The first-order valence-corrected chi connectivity index (χ1v) is 8.15. The van der Waals surface area contributed by atoms with Gasteiger partial charge in [0.1, 0.15) is 0 Å². The van der Waals surface area contributed by atoms with E-state index in [9.17, 15) is 9.59 Å². The van der Waals surface area contributed by atoms with Crippen molar-refractivity contribution in [3.63, 3.8) is 0 Å². The van der Waals surface area contributed by atoms with Crippen molar-refractivity contribution in [1.82, 2.24) is 15.6 Å². The number of Topliss-reactive ketones (excluding diaryl/α,β-unsaturated/α-hetero) is 1. The standard InChI is InChI=1S/C13H16N2O2S.C3H9N/c1-4-14-13(17)10-5-6-12(15-7-10)18-8-11(16)9(2)3;1-3-4-2/h5-7H,2,4,8H2,1,3H3,(H,14,17);4H,3H2,1-2H3. The van der Waals surface area contributed by atoms with Gasteiger partial charge >= 0.3 is 0 Å². The second-order valence-electron chi connectivity index (χ2n) is 4.44. The van der Waals surface area contributed by atoms with E-state index >= 15 is 0 Å². The van der Waals surface area contributed by atoms with Gasteiger partial charge < -0.3 is 10.6 Å². The molecule has 1 rings (SSSR count). The Hall–Kier alpha value is -1.66. The number of thioether (sulfide) groups is 1. The van der Waals surface area contributed by atoms with E-state index in [1.54, 1.807) is 19.1 Å². The summed E-state index contributed by atoms with van der Waals surface area (Å²) < 4.78 is 0. The zero-order valence-electron chi connectivity index (χ0n) is 13.7. The first kappa shape index (κ1) is 20.3. The van der Waals surface area contributed by atoms with Crippen LogP contribution in [0.25, 0.3) is 0 Å². The van der Waals surface area contributed by atoms with E-state index in [1.165, 1.54) is 18.0 Å². The summed E-state index contributed by atoms with van der Waals surface area (Å²) in [6.07, 6.45) is 1.51. The highest BCUT2D eigenvalue weighted by Gasteiger charge is 2.07. The highest BCUT2D eigenvalue weighted by atomic mass is 32.2. The molecule has 0 saturated carbocycles. The quantitative estimate of drug-likeness (QED) is 0.595. The van der Waals surface area contributed by atoms with Gasteiger partial charge in [0.05, 0.1) is 16.3 Å². The number of aromatic nitrogens is 1. The molecule has 6 heteroatoms. The van der Waals surface area contributed by atoms with Crippen molar-refractivity contribution in [2.75, 3.05) is 25.9 Å². The molecule has 0 radical (unpaired) electrons. The van der Waals surface area contributed by atoms with Crippen molar-refractivity contribution < 1.29 is 9.59 Å². The van der Waals surface area contributed by atoms with Gasteiger partial charge in [-0.25, -0.2) is 4.98 Å². The Morgan fingerprint density at radius 3 is 2.32 bits per heavy atom. The molecule has 1 amide bonds. The fraction of sp³-hybridized carbons (Fsp3) is 0.438. The van der Waals surface area contributed by atoms with Crippen LogP contribution in [0.3, 0.4) is 0 Å². The third-order valence-corrected chi connectivity index (χ3v) is 3.46. The normalized spacial score (nSPS) is 9.45. The molecule has 5 nitrogen and oxygen atoms in total. The number of nitrogens with one attached hydrogen (secondary N) is 2. The fourth-order valence-corrected chi connectivity index (χ4v) is 1.94. The maximum Gasteiger partial charge on any atom is 0.252 e. The molecule has 122 valence electrons. The van der Waals surface area contributed by atoms with E-state index in [0.29, 0.717) is 23.4 Å². The van der Waals surface area contributed by atoms with Gasteiger partial charge in [-0.3, -0.25) is 9.59 Å². The highest BCUT2D eigenvalue weighted by molar-refractivity contribution is 7.99. The summed E-state index contributed by atoms with van der Waals surface area (Å²) >= 11 is 1.34. The Kier molecular flexibility index (Phi) is 11.0. The molecule has 0 atom stereocenters. The lowest BCUT2D eigenvalue weighted by Gasteiger charge is -2.03. The van der Waals surface area contributed by atoms with E-state index < -0.39 is 0 Å². The van der Waals surface area contributed by atoms with E-state index in [0.717, 1.165) is 11.6 Å². The van der Waals surface area contributed by atoms with Crippen molar-refractivity contribution in [3.05, 3.63) is 36.0 Å². The van der Waals surface area contributed by atoms with Crippen molar-refractivity contribution in [1.29, 1.82) is 0 Å². The van der Waals surface area contributed by atoms with E-state index in [2.05, 4.69) is 29.1 Å². The SMILES string of the molecule is C=C(C)C(=O)CSc1ccc(C(=O)NCC)cn1.CCNC. The van der Waals surface area contributed by atoms with E-state index in [1.807, 2.05) is 14.0 Å². The molecule has 2 N–H and O–H groups in total. The third-order valence-electron chi connectivity index (χ3n) is 2.52.